The van der Waals surface area contributed by atoms with E-state index in [1.54, 1.807) is 13.8 Å². The van der Waals surface area contributed by atoms with E-state index >= 15 is 0 Å². The monoisotopic (exact) mass is 268 g/mol. The smallest absolute Gasteiger partial charge is 0.332 e. The molecular formula is C10H16N6O3. The van der Waals surface area contributed by atoms with Gasteiger partial charge in [-0.1, -0.05) is 13.8 Å². The summed E-state index contributed by atoms with van der Waals surface area (Å²) in [6.07, 6.45) is 0. The third-order valence-electron chi connectivity index (χ3n) is 2.52. The standard InChI is InChI=1S/C10H16N6O3/c1-4(2)6(8(11)17)14-9-7(16(18)19)5(3)13-10(12)15-9/h4,6H,1-3H3,(H2,11,17)(H3,12,13,14,15). The van der Waals surface area contributed by atoms with Gasteiger partial charge in [0.2, 0.25) is 17.7 Å². The zero-order valence-electron chi connectivity index (χ0n) is 10.9. The summed E-state index contributed by atoms with van der Waals surface area (Å²) >= 11 is 0. The van der Waals surface area contributed by atoms with Gasteiger partial charge in [-0.2, -0.15) is 4.98 Å². The van der Waals surface area contributed by atoms with Crippen LogP contribution in [0.4, 0.5) is 17.5 Å². The normalized spacial score (nSPS) is 12.2. The second-order valence-corrected chi connectivity index (χ2v) is 4.39. The van der Waals surface area contributed by atoms with Gasteiger partial charge in [-0.15, -0.1) is 0 Å². The van der Waals surface area contributed by atoms with Gasteiger partial charge in [-0.05, 0) is 12.8 Å². The average Bonchev–Trinajstić information content (AvgIpc) is 2.23. The Morgan fingerprint density at radius 3 is 2.42 bits per heavy atom. The Hall–Kier alpha value is -2.45. The summed E-state index contributed by atoms with van der Waals surface area (Å²) in [5.74, 6) is -1.00. The maximum absolute atomic E-state index is 11.3. The number of nitrogens with one attached hydrogen (secondary N) is 1. The molecule has 9 heteroatoms. The number of rotatable bonds is 5. The van der Waals surface area contributed by atoms with Crippen LogP contribution in [0.1, 0.15) is 19.5 Å². The van der Waals surface area contributed by atoms with Crippen LogP contribution in [0.25, 0.3) is 0 Å². The van der Waals surface area contributed by atoms with E-state index in [1.807, 2.05) is 0 Å². The predicted octanol–water partition coefficient (Wildman–Crippen LogP) is 0.197. The third kappa shape index (κ3) is 3.27. The van der Waals surface area contributed by atoms with Crippen molar-refractivity contribution >= 4 is 23.4 Å². The van der Waals surface area contributed by atoms with Crippen LogP contribution in [-0.2, 0) is 4.79 Å². The fraction of sp³-hybridized carbons (Fsp3) is 0.500. The minimum atomic E-state index is -0.785. The quantitative estimate of drug-likeness (QED) is 0.509. The third-order valence-corrected chi connectivity index (χ3v) is 2.52. The van der Waals surface area contributed by atoms with Gasteiger partial charge in [-0.3, -0.25) is 14.9 Å². The lowest BCUT2D eigenvalue weighted by Gasteiger charge is -2.19. The van der Waals surface area contributed by atoms with Crippen LogP contribution in [0.2, 0.25) is 0 Å². The van der Waals surface area contributed by atoms with Crippen LogP contribution >= 0.6 is 0 Å². The summed E-state index contributed by atoms with van der Waals surface area (Å²) in [6.45, 7) is 4.95. The van der Waals surface area contributed by atoms with Crippen molar-refractivity contribution in [3.05, 3.63) is 15.8 Å². The van der Waals surface area contributed by atoms with E-state index < -0.39 is 16.9 Å². The van der Waals surface area contributed by atoms with Crippen LogP contribution in [0.5, 0.6) is 0 Å². The number of hydrogen-bond acceptors (Lipinski definition) is 7. The molecule has 0 spiro atoms. The molecule has 0 aliphatic heterocycles. The van der Waals surface area contributed by atoms with Gasteiger partial charge in [0, 0.05) is 0 Å². The number of aryl methyl sites for hydroxylation is 1. The fourth-order valence-electron chi connectivity index (χ4n) is 1.62. The molecule has 1 aromatic heterocycles. The van der Waals surface area contributed by atoms with Crippen molar-refractivity contribution in [3.63, 3.8) is 0 Å². The Morgan fingerprint density at radius 2 is 2.00 bits per heavy atom. The lowest BCUT2D eigenvalue weighted by molar-refractivity contribution is -0.385. The van der Waals surface area contributed by atoms with Crippen LogP contribution in [0.3, 0.4) is 0 Å². The van der Waals surface area contributed by atoms with E-state index in [-0.39, 0.29) is 29.1 Å². The molecule has 9 nitrogen and oxygen atoms in total. The summed E-state index contributed by atoms with van der Waals surface area (Å²) in [5.41, 5.74) is 10.5. The molecule has 19 heavy (non-hydrogen) atoms. The van der Waals surface area contributed by atoms with E-state index in [2.05, 4.69) is 15.3 Å². The number of aromatic nitrogens is 2. The number of nitrogens with zero attached hydrogens (tertiary/aromatic N) is 3. The summed E-state index contributed by atoms with van der Waals surface area (Å²) in [6, 6.07) is -0.785. The number of nitrogens with two attached hydrogens (primary N) is 2. The van der Waals surface area contributed by atoms with Crippen molar-refractivity contribution in [2.75, 3.05) is 11.1 Å². The highest BCUT2D eigenvalue weighted by atomic mass is 16.6. The number of anilines is 2. The van der Waals surface area contributed by atoms with E-state index in [1.165, 1.54) is 6.92 Å². The zero-order chi connectivity index (χ0) is 14.7. The maximum atomic E-state index is 11.3. The predicted molar refractivity (Wildman–Crippen MR) is 69.3 cm³/mol. The van der Waals surface area contributed by atoms with Crippen LogP contribution in [-0.4, -0.2) is 26.8 Å². The molecule has 0 fully saturated rings. The number of carbonyl (C=O) groups is 1. The van der Waals surface area contributed by atoms with Crippen molar-refractivity contribution in [2.24, 2.45) is 11.7 Å². The molecular weight excluding hydrogens is 252 g/mol. The summed E-state index contributed by atoms with van der Waals surface area (Å²) < 4.78 is 0. The first-order valence-corrected chi connectivity index (χ1v) is 5.58. The molecule has 5 N–H and O–H groups in total. The molecule has 1 heterocycles. The van der Waals surface area contributed by atoms with Crippen molar-refractivity contribution in [2.45, 2.75) is 26.8 Å². The number of primary amides is 1. The molecule has 0 aliphatic carbocycles. The molecule has 0 saturated heterocycles. The molecule has 0 radical (unpaired) electrons. The fourth-order valence-corrected chi connectivity index (χ4v) is 1.62. The summed E-state index contributed by atoms with van der Waals surface area (Å²) in [7, 11) is 0. The minimum Gasteiger partial charge on any atom is -0.368 e. The first-order valence-electron chi connectivity index (χ1n) is 5.58. The highest BCUT2D eigenvalue weighted by molar-refractivity contribution is 5.83. The molecule has 1 atom stereocenters. The number of hydrogen-bond donors (Lipinski definition) is 3. The zero-order valence-corrected chi connectivity index (χ0v) is 10.9. The van der Waals surface area contributed by atoms with Gasteiger partial charge in [0.05, 0.1) is 4.92 Å². The van der Waals surface area contributed by atoms with Gasteiger partial charge >= 0.3 is 5.69 Å². The van der Waals surface area contributed by atoms with Crippen molar-refractivity contribution < 1.29 is 9.72 Å². The van der Waals surface area contributed by atoms with Gasteiger partial charge in [0.1, 0.15) is 11.7 Å². The molecule has 1 unspecified atom stereocenters. The second-order valence-electron chi connectivity index (χ2n) is 4.39. The summed E-state index contributed by atoms with van der Waals surface area (Å²) in [4.78, 5) is 29.2. The highest BCUT2D eigenvalue weighted by Crippen LogP contribution is 2.27. The van der Waals surface area contributed by atoms with E-state index in [4.69, 9.17) is 11.5 Å². The number of nitro groups is 1. The van der Waals surface area contributed by atoms with Crippen molar-refractivity contribution in [1.29, 1.82) is 0 Å². The van der Waals surface area contributed by atoms with Gasteiger partial charge in [0.25, 0.3) is 0 Å². The minimum absolute atomic E-state index is 0.104. The van der Waals surface area contributed by atoms with Gasteiger partial charge < -0.3 is 16.8 Å². The topological polar surface area (TPSA) is 150 Å². The Bertz CT molecular complexity index is 516. The molecule has 0 aliphatic rings. The molecule has 0 aromatic carbocycles. The van der Waals surface area contributed by atoms with Crippen molar-refractivity contribution in [1.82, 2.24) is 9.97 Å². The SMILES string of the molecule is Cc1nc(N)nc(NC(C(N)=O)C(C)C)c1[N+](=O)[O-]. The first-order chi connectivity index (χ1) is 8.73. The Kier molecular flexibility index (Phi) is 4.20. The molecule has 1 aromatic rings. The molecule has 104 valence electrons. The van der Waals surface area contributed by atoms with Crippen LogP contribution in [0, 0.1) is 23.0 Å². The largest absolute Gasteiger partial charge is 0.368 e. The average molecular weight is 268 g/mol. The maximum Gasteiger partial charge on any atom is 0.332 e. The molecule has 0 bridgehead atoms. The molecule has 1 amide bonds. The van der Waals surface area contributed by atoms with E-state index in [0.29, 0.717) is 0 Å². The van der Waals surface area contributed by atoms with Crippen LogP contribution in [0.15, 0.2) is 0 Å². The van der Waals surface area contributed by atoms with Gasteiger partial charge in [0.15, 0.2) is 0 Å². The number of carbonyl (C=O) groups excluding carboxylic acids is 1. The Morgan fingerprint density at radius 1 is 1.42 bits per heavy atom. The highest BCUT2D eigenvalue weighted by Gasteiger charge is 2.27. The number of nitrogen functional groups attached to an aromatic ring is 1. The van der Waals surface area contributed by atoms with Crippen LogP contribution < -0.4 is 16.8 Å². The second kappa shape index (κ2) is 5.46. The Balaban J connectivity index is 3.26. The van der Waals surface area contributed by atoms with Crippen molar-refractivity contribution in [3.8, 4) is 0 Å². The van der Waals surface area contributed by atoms with E-state index in [9.17, 15) is 14.9 Å². The molecule has 1 rings (SSSR count). The Labute approximate surface area is 109 Å². The summed E-state index contributed by atoms with van der Waals surface area (Å²) in [5, 5.41) is 13.7. The number of amides is 1. The lowest BCUT2D eigenvalue weighted by Crippen LogP contribution is -2.40. The van der Waals surface area contributed by atoms with E-state index in [0.717, 1.165) is 0 Å². The molecule has 0 saturated carbocycles. The van der Waals surface area contributed by atoms with Gasteiger partial charge in [-0.25, -0.2) is 4.98 Å². The lowest BCUT2D eigenvalue weighted by atomic mass is 10.0. The first kappa shape index (κ1) is 14.6.